The van der Waals surface area contributed by atoms with E-state index in [1.54, 1.807) is 0 Å². The average molecular weight is 302 g/mol. The number of rotatable bonds is 2. The molecule has 0 atom stereocenters. The third-order valence-corrected chi connectivity index (χ3v) is 6.22. The third kappa shape index (κ3) is 2.34. The Balaban J connectivity index is 1.93. The van der Waals surface area contributed by atoms with Crippen molar-refractivity contribution >= 4 is 13.6 Å². The van der Waals surface area contributed by atoms with Gasteiger partial charge in [0.15, 0.2) is 0 Å². The van der Waals surface area contributed by atoms with Gasteiger partial charge in [-0.2, -0.15) is 0 Å². The lowest BCUT2D eigenvalue weighted by atomic mass is 9.96. The van der Waals surface area contributed by atoms with Gasteiger partial charge in [-0.25, -0.2) is 0 Å². The lowest BCUT2D eigenvalue weighted by Crippen LogP contribution is -1.89. The van der Waals surface area contributed by atoms with Crippen LogP contribution in [-0.2, 0) is 6.42 Å². The fourth-order valence-electron chi connectivity index (χ4n) is 3.24. The molecule has 2 aromatic carbocycles. The molecule has 1 aliphatic carbocycles. The molecule has 1 aliphatic rings. The van der Waals surface area contributed by atoms with E-state index in [-0.39, 0.29) is 7.53 Å². The predicted molar refractivity (Wildman–Crippen MR) is 98.0 cm³/mol. The minimum Gasteiger partial charge on any atom is -0.0934 e. The number of fused-ring (bicyclic) bond motifs is 1. The zero-order valence-corrected chi connectivity index (χ0v) is 13.9. The van der Waals surface area contributed by atoms with Crippen molar-refractivity contribution in [3.63, 3.8) is 0 Å². The Labute approximate surface area is 133 Å². The molecule has 22 heavy (non-hydrogen) atoms. The summed E-state index contributed by atoms with van der Waals surface area (Å²) in [6.45, 7) is 4.38. The van der Waals surface area contributed by atoms with Crippen LogP contribution in [0, 0.1) is 6.92 Å². The molecule has 0 spiro atoms. The lowest BCUT2D eigenvalue weighted by Gasteiger charge is -2.12. The molecule has 0 unspecified atom stereocenters. The van der Waals surface area contributed by atoms with E-state index in [2.05, 4.69) is 80.1 Å². The summed E-state index contributed by atoms with van der Waals surface area (Å²) in [5.41, 5.74) is 8.41. The Hall–Kier alpha value is -2.04. The fourth-order valence-corrected chi connectivity index (χ4v) is 4.84. The summed E-state index contributed by atoms with van der Waals surface area (Å²) in [4.78, 5) is 0. The minimum atomic E-state index is -0.258. The van der Waals surface area contributed by atoms with Crippen molar-refractivity contribution in [2.45, 2.75) is 20.3 Å². The molecule has 3 aromatic rings. The highest BCUT2D eigenvalue weighted by molar-refractivity contribution is 7.56. The van der Waals surface area contributed by atoms with Crippen LogP contribution in [0.15, 0.2) is 65.7 Å². The molecule has 108 valence electrons. The van der Waals surface area contributed by atoms with Crippen molar-refractivity contribution in [3.05, 3.63) is 82.4 Å². The van der Waals surface area contributed by atoms with Crippen LogP contribution in [-0.4, -0.2) is 0 Å². The Morgan fingerprint density at radius 2 is 1.64 bits per heavy atom. The molecule has 0 radical (unpaired) electrons. The molecule has 1 aromatic heterocycles. The first-order chi connectivity index (χ1) is 10.7. The second kappa shape index (κ2) is 5.30. The SMILES string of the molecule is CC1=Cc2c(cc(-p3cccc3)cc2-c2ccc(C)cc2)C1. The quantitative estimate of drug-likeness (QED) is 0.500. The molecule has 0 saturated carbocycles. The predicted octanol–water partition coefficient (Wildman–Crippen LogP) is 6.60. The first-order valence-electron chi connectivity index (χ1n) is 7.75. The van der Waals surface area contributed by atoms with Crippen molar-refractivity contribution in [2.24, 2.45) is 0 Å². The normalized spacial score (nSPS) is 13.1. The van der Waals surface area contributed by atoms with Crippen molar-refractivity contribution in [1.29, 1.82) is 0 Å². The number of aryl methyl sites for hydroxylation is 1. The maximum absolute atomic E-state index is 2.42. The molecule has 1 heteroatoms. The van der Waals surface area contributed by atoms with E-state index in [0.29, 0.717) is 0 Å². The Morgan fingerprint density at radius 1 is 0.909 bits per heavy atom. The highest BCUT2D eigenvalue weighted by Gasteiger charge is 2.16. The lowest BCUT2D eigenvalue weighted by molar-refractivity contribution is 1.20. The van der Waals surface area contributed by atoms with Crippen LogP contribution < -0.4 is 0 Å². The average Bonchev–Trinajstić information content (AvgIpc) is 3.15. The maximum Gasteiger partial charge on any atom is -0.00124 e. The smallest absolute Gasteiger partial charge is 0.00124 e. The van der Waals surface area contributed by atoms with Crippen LogP contribution >= 0.6 is 7.53 Å². The summed E-state index contributed by atoms with van der Waals surface area (Å²) in [6.07, 6.45) is 3.46. The van der Waals surface area contributed by atoms with Gasteiger partial charge in [0.2, 0.25) is 0 Å². The van der Waals surface area contributed by atoms with Crippen molar-refractivity contribution in [3.8, 4) is 16.4 Å². The summed E-state index contributed by atoms with van der Waals surface area (Å²) in [5.74, 6) is 4.68. The Bertz CT molecular complexity index is 850. The van der Waals surface area contributed by atoms with Gasteiger partial charge in [0.1, 0.15) is 0 Å². The fraction of sp³-hybridized carbons (Fsp3) is 0.143. The number of hydrogen-bond donors (Lipinski definition) is 0. The molecule has 0 amide bonds. The van der Waals surface area contributed by atoms with Gasteiger partial charge in [-0.15, -0.1) is 0 Å². The van der Waals surface area contributed by atoms with E-state index in [4.69, 9.17) is 0 Å². The van der Waals surface area contributed by atoms with Gasteiger partial charge in [0.05, 0.1) is 0 Å². The molecule has 4 rings (SSSR count). The van der Waals surface area contributed by atoms with Crippen LogP contribution in [0.5, 0.6) is 0 Å². The topological polar surface area (TPSA) is 0 Å². The first kappa shape index (κ1) is 13.6. The zero-order chi connectivity index (χ0) is 15.1. The summed E-state index contributed by atoms with van der Waals surface area (Å²) in [7, 11) is -0.258. The zero-order valence-electron chi connectivity index (χ0n) is 13.0. The summed E-state index contributed by atoms with van der Waals surface area (Å²) in [5, 5.41) is 1.47. The summed E-state index contributed by atoms with van der Waals surface area (Å²) < 4.78 is 0. The molecule has 1 heterocycles. The number of allylic oxidation sites excluding steroid dienone is 1. The van der Waals surface area contributed by atoms with Gasteiger partial charge in [-0.1, -0.05) is 61.1 Å². The molecule has 0 bridgehead atoms. The molecular weight excluding hydrogens is 283 g/mol. The molecule has 0 fully saturated rings. The summed E-state index contributed by atoms with van der Waals surface area (Å²) in [6, 6.07) is 18.1. The molecule has 0 N–H and O–H groups in total. The molecular formula is C21H19P. The van der Waals surface area contributed by atoms with E-state index in [9.17, 15) is 0 Å². The Morgan fingerprint density at radius 3 is 2.36 bits per heavy atom. The highest BCUT2D eigenvalue weighted by atomic mass is 31.1. The minimum absolute atomic E-state index is 0.258. The maximum atomic E-state index is 2.42. The van der Waals surface area contributed by atoms with Crippen molar-refractivity contribution in [1.82, 2.24) is 0 Å². The van der Waals surface area contributed by atoms with Gasteiger partial charge in [0, 0.05) is 0 Å². The van der Waals surface area contributed by atoms with Crippen molar-refractivity contribution < 1.29 is 0 Å². The van der Waals surface area contributed by atoms with Crippen LogP contribution in [0.3, 0.4) is 0 Å². The van der Waals surface area contributed by atoms with E-state index in [1.165, 1.54) is 38.7 Å². The van der Waals surface area contributed by atoms with Crippen LogP contribution in [0.4, 0.5) is 0 Å². The second-order valence-electron chi connectivity index (χ2n) is 6.19. The van der Waals surface area contributed by atoms with Gasteiger partial charge < -0.3 is 0 Å². The van der Waals surface area contributed by atoms with Crippen LogP contribution in [0.25, 0.3) is 22.5 Å². The second-order valence-corrected chi connectivity index (χ2v) is 8.12. The van der Waals surface area contributed by atoms with Crippen LogP contribution in [0.1, 0.15) is 23.6 Å². The van der Waals surface area contributed by atoms with E-state index in [0.717, 1.165) is 6.42 Å². The van der Waals surface area contributed by atoms with Crippen LogP contribution in [0.2, 0.25) is 0 Å². The van der Waals surface area contributed by atoms with Gasteiger partial charge in [0.25, 0.3) is 0 Å². The molecule has 0 saturated heterocycles. The molecule has 0 nitrogen and oxygen atoms in total. The standard InChI is InChI=1S/C21H19P/c1-15-5-7-17(8-6-15)21-14-19(22-9-3-4-10-22)13-18-11-16(2)12-20(18)21/h3-10,12-14H,11H2,1-2H3. The number of hydrogen-bond acceptors (Lipinski definition) is 0. The highest BCUT2D eigenvalue weighted by Crippen LogP contribution is 2.45. The van der Waals surface area contributed by atoms with Gasteiger partial charge in [-0.05, 0) is 71.6 Å². The summed E-state index contributed by atoms with van der Waals surface area (Å²) >= 11 is 0. The molecule has 0 aliphatic heterocycles. The number of benzene rings is 2. The van der Waals surface area contributed by atoms with E-state index >= 15 is 0 Å². The van der Waals surface area contributed by atoms with E-state index < -0.39 is 0 Å². The van der Waals surface area contributed by atoms with Crippen molar-refractivity contribution in [2.75, 3.05) is 0 Å². The van der Waals surface area contributed by atoms with Gasteiger partial charge >= 0.3 is 0 Å². The third-order valence-electron chi connectivity index (χ3n) is 4.38. The largest absolute Gasteiger partial charge is 0.0934 e. The van der Waals surface area contributed by atoms with E-state index in [1.807, 2.05) is 0 Å². The van der Waals surface area contributed by atoms with Gasteiger partial charge in [-0.3, -0.25) is 0 Å². The Kier molecular flexibility index (Phi) is 3.28. The first-order valence-corrected chi connectivity index (χ1v) is 9.23. The monoisotopic (exact) mass is 302 g/mol.